The number of aromatic nitrogens is 2. The summed E-state index contributed by atoms with van der Waals surface area (Å²) in [6.45, 7) is 0. The third kappa shape index (κ3) is 3.08. The smallest absolute Gasteiger partial charge is 0.335 e. The van der Waals surface area contributed by atoms with E-state index in [4.69, 9.17) is 5.11 Å². The second-order valence-electron chi connectivity index (χ2n) is 1.25. The van der Waals surface area contributed by atoms with E-state index in [1.54, 1.807) is 0 Å². The van der Waals surface area contributed by atoms with Gasteiger partial charge in [-0.15, -0.1) is 6.20 Å². The van der Waals surface area contributed by atoms with E-state index in [2.05, 4.69) is 10.2 Å². The van der Waals surface area contributed by atoms with Gasteiger partial charge in [0.25, 0.3) is 0 Å². The van der Waals surface area contributed by atoms with Crippen LogP contribution in [0.15, 0.2) is 12.4 Å². The van der Waals surface area contributed by atoms with E-state index in [-0.39, 0.29) is 45.7 Å². The second-order valence-corrected chi connectivity index (χ2v) is 1.25. The van der Waals surface area contributed by atoms with Gasteiger partial charge in [-0.05, 0) is 0 Å². The van der Waals surface area contributed by atoms with E-state index in [1.165, 1.54) is 12.4 Å². The fourth-order valence-electron chi connectivity index (χ4n) is 0.335. The van der Waals surface area contributed by atoms with Gasteiger partial charge >= 0.3 is 5.97 Å². The van der Waals surface area contributed by atoms with Gasteiger partial charge in [0.1, 0.15) is 0 Å². The average molecular weight is 215 g/mol. The maximum atomic E-state index is 9.98. The first-order chi connectivity index (χ1) is 3.80. The van der Waals surface area contributed by atoms with Crippen LogP contribution in [0.25, 0.3) is 0 Å². The van der Waals surface area contributed by atoms with Crippen LogP contribution in [0.1, 0.15) is 10.4 Å². The minimum atomic E-state index is -0.991. The Morgan fingerprint density at radius 1 is 1.70 bits per heavy atom. The van der Waals surface area contributed by atoms with Crippen LogP contribution in [0.4, 0.5) is 0 Å². The molecule has 0 aromatic carbocycles. The Morgan fingerprint density at radius 3 is 2.50 bits per heavy atom. The standard InChI is InChI=1S/C4H4N2O2.CH3.Y/c7-4(8)3-1-5-6-2-3;;/h1-2H,(H2,5,6,7,8);1H3;/q;-1;/p-1. The summed E-state index contributed by atoms with van der Waals surface area (Å²) in [4.78, 5) is 9.98. The average Bonchev–Trinajstić information content (AvgIpc) is 2.12. The molecule has 0 amide bonds. The molecule has 10 heavy (non-hydrogen) atoms. The van der Waals surface area contributed by atoms with Gasteiger partial charge in [0.05, 0.1) is 5.56 Å². The first-order valence-corrected chi connectivity index (χ1v) is 1.97. The molecule has 0 aliphatic carbocycles. The Balaban J connectivity index is 0. The number of carboxylic acid groups (broad SMARTS) is 1. The molecule has 1 heterocycles. The van der Waals surface area contributed by atoms with E-state index in [0.717, 1.165) is 0 Å². The SMILES string of the molecule is O=C(O)c1cn[n-]c1.[CH3-].[Y]. The Morgan fingerprint density at radius 2 is 2.30 bits per heavy atom. The molecule has 1 aromatic rings. The van der Waals surface area contributed by atoms with Gasteiger partial charge in [-0.1, -0.05) is 0 Å². The van der Waals surface area contributed by atoms with Gasteiger partial charge in [-0.3, -0.25) is 0 Å². The van der Waals surface area contributed by atoms with Crippen LogP contribution in [-0.4, -0.2) is 16.2 Å². The van der Waals surface area contributed by atoms with Crippen molar-refractivity contribution in [2.75, 3.05) is 0 Å². The Labute approximate surface area is 83.9 Å². The van der Waals surface area contributed by atoms with Crippen molar-refractivity contribution in [1.29, 1.82) is 0 Å². The van der Waals surface area contributed by atoms with E-state index < -0.39 is 5.97 Å². The number of aromatic carboxylic acids is 1. The van der Waals surface area contributed by atoms with Crippen LogP contribution in [0, 0.1) is 7.43 Å². The zero-order valence-corrected chi connectivity index (χ0v) is 8.32. The maximum absolute atomic E-state index is 9.98. The first kappa shape index (κ1) is 12.5. The molecule has 53 valence electrons. The Hall–Kier alpha value is -0.216. The molecule has 0 aliphatic rings. The second kappa shape index (κ2) is 5.56. The normalized spacial score (nSPS) is 7.20. The molecule has 1 rings (SSSR count). The molecule has 0 fully saturated rings. The van der Waals surface area contributed by atoms with Crippen LogP contribution in [0.5, 0.6) is 0 Å². The summed E-state index contributed by atoms with van der Waals surface area (Å²) in [6, 6.07) is 0. The van der Waals surface area contributed by atoms with Crippen molar-refractivity contribution in [1.82, 2.24) is 10.2 Å². The molecular weight excluding hydrogens is 209 g/mol. The summed E-state index contributed by atoms with van der Waals surface area (Å²) in [5.74, 6) is -0.991. The molecule has 0 bridgehead atoms. The van der Waals surface area contributed by atoms with Gasteiger partial charge in [-0.25, -0.2) is 4.79 Å². The molecule has 0 saturated carbocycles. The van der Waals surface area contributed by atoms with Gasteiger partial charge in [-0.2, -0.15) is 0 Å². The number of carbonyl (C=O) groups is 1. The fourth-order valence-corrected chi connectivity index (χ4v) is 0.335. The first-order valence-electron chi connectivity index (χ1n) is 1.97. The summed E-state index contributed by atoms with van der Waals surface area (Å²) in [5, 5.41) is 14.8. The van der Waals surface area contributed by atoms with Crippen molar-refractivity contribution < 1.29 is 42.6 Å². The Bertz CT molecular complexity index is 186. The molecule has 0 saturated heterocycles. The monoisotopic (exact) mass is 215 g/mol. The van der Waals surface area contributed by atoms with E-state index >= 15 is 0 Å². The quantitative estimate of drug-likeness (QED) is 0.679. The van der Waals surface area contributed by atoms with Crippen molar-refractivity contribution in [2.45, 2.75) is 0 Å². The molecular formula is C5H6N2O2Y-2. The predicted molar refractivity (Wildman–Crippen MR) is 30.9 cm³/mol. The predicted octanol–water partition coefficient (Wildman–Crippen LogP) is 0.185. The molecule has 1 N–H and O–H groups in total. The van der Waals surface area contributed by atoms with Crippen LogP contribution in [-0.2, 0) is 32.7 Å². The van der Waals surface area contributed by atoms with Crippen molar-refractivity contribution in [3.8, 4) is 0 Å². The van der Waals surface area contributed by atoms with Crippen LogP contribution >= 0.6 is 0 Å². The third-order valence-corrected chi connectivity index (χ3v) is 0.707. The van der Waals surface area contributed by atoms with Crippen molar-refractivity contribution >= 4 is 5.97 Å². The molecule has 0 unspecified atom stereocenters. The Kier molecular flexibility index (Phi) is 6.93. The third-order valence-electron chi connectivity index (χ3n) is 0.707. The summed E-state index contributed by atoms with van der Waals surface area (Å²) < 4.78 is 0. The number of hydrogen-bond donors (Lipinski definition) is 1. The van der Waals surface area contributed by atoms with Gasteiger partial charge in [0.2, 0.25) is 0 Å². The molecule has 1 radical (unpaired) electrons. The van der Waals surface area contributed by atoms with Crippen LogP contribution in [0.3, 0.4) is 0 Å². The van der Waals surface area contributed by atoms with E-state index in [1.807, 2.05) is 0 Å². The maximum Gasteiger partial charge on any atom is 0.335 e. The zero-order valence-electron chi connectivity index (χ0n) is 5.48. The number of carboxylic acids is 1. The number of rotatable bonds is 1. The molecule has 0 aliphatic heterocycles. The van der Waals surface area contributed by atoms with Crippen LogP contribution in [0.2, 0.25) is 0 Å². The van der Waals surface area contributed by atoms with Gasteiger partial charge in [0.15, 0.2) is 0 Å². The number of hydrogen-bond acceptors (Lipinski definition) is 2. The van der Waals surface area contributed by atoms with Crippen molar-refractivity contribution in [3.63, 3.8) is 0 Å². The summed E-state index contributed by atoms with van der Waals surface area (Å²) >= 11 is 0. The van der Waals surface area contributed by atoms with Crippen molar-refractivity contribution in [3.05, 3.63) is 25.4 Å². The zero-order chi connectivity index (χ0) is 5.98. The minimum Gasteiger partial charge on any atom is -0.581 e. The molecule has 0 spiro atoms. The van der Waals surface area contributed by atoms with E-state index in [0.29, 0.717) is 0 Å². The summed E-state index contributed by atoms with van der Waals surface area (Å²) in [5.41, 5.74) is 0.130. The van der Waals surface area contributed by atoms with Gasteiger partial charge < -0.3 is 22.7 Å². The molecule has 0 atom stereocenters. The molecule has 5 heteroatoms. The van der Waals surface area contributed by atoms with Crippen LogP contribution < -0.4 is 5.10 Å². The fraction of sp³-hybridized carbons (Fsp3) is 0. The molecule has 4 nitrogen and oxygen atoms in total. The van der Waals surface area contributed by atoms with Crippen molar-refractivity contribution in [2.24, 2.45) is 0 Å². The topological polar surface area (TPSA) is 64.3 Å². The van der Waals surface area contributed by atoms with Gasteiger partial charge in [0, 0.05) is 38.9 Å². The van der Waals surface area contributed by atoms with E-state index in [9.17, 15) is 4.79 Å². The summed E-state index contributed by atoms with van der Waals surface area (Å²) in [6.07, 6.45) is 2.39. The largest absolute Gasteiger partial charge is 0.581 e. The number of nitrogens with zero attached hydrogens (tertiary/aromatic N) is 2. The molecule has 1 aromatic heterocycles. The summed E-state index contributed by atoms with van der Waals surface area (Å²) in [7, 11) is 0. The minimum absolute atomic E-state index is 0.